The third-order valence-electron chi connectivity index (χ3n) is 5.05. The number of carbonyl (C=O) groups excluding carboxylic acids is 1. The lowest BCUT2D eigenvalue weighted by atomic mass is 9.95. The van der Waals surface area contributed by atoms with Gasteiger partial charge in [0, 0.05) is 45.4 Å². The van der Waals surface area contributed by atoms with Gasteiger partial charge in [-0.2, -0.15) is 0 Å². The maximum atomic E-state index is 13.9. The molecular formula is C23H18ClF3N2O4. The Morgan fingerprint density at radius 1 is 1.12 bits per heavy atom. The molecule has 3 aromatic rings. The Balaban J connectivity index is 1.90. The first-order valence-corrected chi connectivity index (χ1v) is 10.1. The third-order valence-corrected chi connectivity index (χ3v) is 5.29. The monoisotopic (exact) mass is 478 g/mol. The van der Waals surface area contributed by atoms with Crippen LogP contribution in [-0.4, -0.2) is 22.0 Å². The molecule has 0 fully saturated rings. The highest BCUT2D eigenvalue weighted by Gasteiger charge is 2.23. The van der Waals surface area contributed by atoms with E-state index in [9.17, 15) is 27.6 Å². The molecule has 0 aliphatic rings. The van der Waals surface area contributed by atoms with Crippen LogP contribution < -0.4 is 10.7 Å². The van der Waals surface area contributed by atoms with Crippen molar-refractivity contribution < 1.29 is 27.9 Å². The number of rotatable bonds is 7. The Morgan fingerprint density at radius 2 is 1.85 bits per heavy atom. The van der Waals surface area contributed by atoms with Crippen LogP contribution in [0.15, 0.2) is 53.5 Å². The molecule has 6 nitrogen and oxygen atoms in total. The summed E-state index contributed by atoms with van der Waals surface area (Å²) in [6.45, 7) is 1.66. The highest BCUT2D eigenvalue weighted by Crippen LogP contribution is 2.32. The van der Waals surface area contributed by atoms with Gasteiger partial charge >= 0.3 is 5.97 Å². The first-order valence-electron chi connectivity index (χ1n) is 9.76. The lowest BCUT2D eigenvalue weighted by molar-refractivity contribution is -0.117. The molecule has 33 heavy (non-hydrogen) atoms. The van der Waals surface area contributed by atoms with Crippen LogP contribution in [0.4, 0.5) is 18.9 Å². The van der Waals surface area contributed by atoms with Crippen molar-refractivity contribution in [1.82, 2.24) is 4.98 Å². The summed E-state index contributed by atoms with van der Waals surface area (Å²) in [5.74, 6) is -4.02. The van der Waals surface area contributed by atoms with Gasteiger partial charge in [-0.15, -0.1) is 0 Å². The number of hydrogen-bond donors (Lipinski definition) is 3. The zero-order chi connectivity index (χ0) is 24.3. The molecule has 3 N–H and O–H groups in total. The molecule has 1 atom stereocenters. The van der Waals surface area contributed by atoms with Crippen LogP contribution in [0.3, 0.4) is 0 Å². The van der Waals surface area contributed by atoms with E-state index in [1.54, 1.807) is 6.92 Å². The maximum Gasteiger partial charge on any atom is 0.338 e. The minimum atomic E-state index is -2.79. The number of anilines is 1. The van der Waals surface area contributed by atoms with Crippen LogP contribution in [0.5, 0.6) is 0 Å². The molecule has 1 aromatic heterocycles. The standard InChI is InChI=1S/C23H18ClF3N2O4/c1-2-13(22(31)29-12-4-6-15(23(32)33)18(25)8-12)17-10-28-19(9-20(17)30)16-7-11(24)3-5-14(16)21(26)27/h3-10,13,21H,2H2,1H3,(H,28,30)(H,29,31)(H,32,33). The van der Waals surface area contributed by atoms with Crippen molar-refractivity contribution in [2.45, 2.75) is 25.7 Å². The molecule has 10 heteroatoms. The summed E-state index contributed by atoms with van der Waals surface area (Å²) in [7, 11) is 0. The highest BCUT2D eigenvalue weighted by molar-refractivity contribution is 6.30. The molecule has 1 unspecified atom stereocenters. The topological polar surface area (TPSA) is 99.3 Å². The van der Waals surface area contributed by atoms with Gasteiger partial charge in [0.1, 0.15) is 5.82 Å². The molecule has 1 amide bonds. The molecule has 0 spiro atoms. The van der Waals surface area contributed by atoms with E-state index >= 15 is 0 Å². The summed E-state index contributed by atoms with van der Waals surface area (Å²) in [6.07, 6.45) is -1.30. The maximum absolute atomic E-state index is 13.9. The second kappa shape index (κ2) is 9.91. The number of halogens is 4. The fourth-order valence-corrected chi connectivity index (χ4v) is 3.58. The summed E-state index contributed by atoms with van der Waals surface area (Å²) >= 11 is 5.92. The summed E-state index contributed by atoms with van der Waals surface area (Å²) in [6, 6.07) is 8.04. The van der Waals surface area contributed by atoms with Crippen LogP contribution in [0.25, 0.3) is 11.3 Å². The number of aromatic carboxylic acids is 1. The molecule has 3 rings (SSSR count). The molecule has 172 valence electrons. The average Bonchev–Trinajstić information content (AvgIpc) is 2.74. The average molecular weight is 479 g/mol. The number of benzene rings is 2. The number of carboxylic acids is 1. The number of pyridine rings is 1. The number of H-pyrrole nitrogens is 1. The minimum Gasteiger partial charge on any atom is -0.478 e. The van der Waals surface area contributed by atoms with Crippen molar-refractivity contribution >= 4 is 29.2 Å². The number of carbonyl (C=O) groups is 2. The number of aromatic amines is 1. The van der Waals surface area contributed by atoms with Gasteiger partial charge in [-0.1, -0.05) is 24.6 Å². The van der Waals surface area contributed by atoms with E-state index < -0.39 is 41.0 Å². The van der Waals surface area contributed by atoms with Crippen molar-refractivity contribution in [3.05, 3.63) is 86.4 Å². The van der Waals surface area contributed by atoms with E-state index in [0.29, 0.717) is 0 Å². The van der Waals surface area contributed by atoms with E-state index in [1.165, 1.54) is 30.5 Å². The molecule has 0 aliphatic heterocycles. The van der Waals surface area contributed by atoms with Crippen LogP contribution in [0.1, 0.15) is 47.2 Å². The number of carboxylic acid groups (broad SMARTS) is 1. The molecule has 0 aliphatic carbocycles. The zero-order valence-electron chi connectivity index (χ0n) is 17.2. The van der Waals surface area contributed by atoms with Crippen LogP contribution in [0, 0.1) is 5.82 Å². The van der Waals surface area contributed by atoms with E-state index in [1.807, 2.05) is 0 Å². The van der Waals surface area contributed by atoms with Crippen LogP contribution in [0.2, 0.25) is 5.02 Å². The van der Waals surface area contributed by atoms with E-state index in [-0.39, 0.29) is 39.5 Å². The summed E-state index contributed by atoms with van der Waals surface area (Å²) in [5, 5.41) is 11.6. The Kier molecular flexibility index (Phi) is 7.23. The SMILES string of the molecule is CCC(C(=O)Nc1ccc(C(=O)O)c(F)c1)c1c[nH]c(-c2cc(Cl)ccc2C(F)F)cc1=O. The number of hydrogen-bond acceptors (Lipinski definition) is 3. The second-order valence-electron chi connectivity index (χ2n) is 7.15. The number of aromatic nitrogens is 1. The van der Waals surface area contributed by atoms with Gasteiger partial charge in [-0.05, 0) is 36.8 Å². The van der Waals surface area contributed by atoms with Crippen molar-refractivity contribution in [2.75, 3.05) is 5.32 Å². The van der Waals surface area contributed by atoms with Gasteiger partial charge in [0.2, 0.25) is 5.91 Å². The zero-order valence-corrected chi connectivity index (χ0v) is 17.9. The third kappa shape index (κ3) is 5.25. The highest BCUT2D eigenvalue weighted by atomic mass is 35.5. The van der Waals surface area contributed by atoms with E-state index in [4.69, 9.17) is 16.7 Å². The molecule has 2 aromatic carbocycles. The Morgan fingerprint density at radius 3 is 2.42 bits per heavy atom. The predicted molar refractivity (Wildman–Crippen MR) is 117 cm³/mol. The second-order valence-corrected chi connectivity index (χ2v) is 7.58. The molecule has 0 saturated carbocycles. The largest absolute Gasteiger partial charge is 0.478 e. The van der Waals surface area contributed by atoms with E-state index in [0.717, 1.165) is 18.2 Å². The molecule has 0 bridgehead atoms. The first-order chi connectivity index (χ1) is 15.6. The minimum absolute atomic E-state index is 0.0227. The number of nitrogens with one attached hydrogen (secondary N) is 2. The molecule has 0 radical (unpaired) electrons. The van der Waals surface area contributed by atoms with Gasteiger partial charge in [0.15, 0.2) is 5.43 Å². The van der Waals surface area contributed by atoms with Gasteiger partial charge in [-0.3, -0.25) is 9.59 Å². The lowest BCUT2D eigenvalue weighted by Crippen LogP contribution is -2.25. The summed E-state index contributed by atoms with van der Waals surface area (Å²) in [4.78, 5) is 39.2. The Hall–Kier alpha value is -3.59. The van der Waals surface area contributed by atoms with Crippen molar-refractivity contribution in [2.24, 2.45) is 0 Å². The quantitative estimate of drug-likeness (QED) is 0.411. The summed E-state index contributed by atoms with van der Waals surface area (Å²) in [5.41, 5.74) is -1.12. The fourth-order valence-electron chi connectivity index (χ4n) is 3.40. The van der Waals surface area contributed by atoms with Gasteiger partial charge in [-0.25, -0.2) is 18.0 Å². The smallest absolute Gasteiger partial charge is 0.338 e. The summed E-state index contributed by atoms with van der Waals surface area (Å²) < 4.78 is 40.6. The Bertz CT molecular complexity index is 1280. The predicted octanol–water partition coefficient (Wildman–Crippen LogP) is 5.60. The van der Waals surface area contributed by atoms with Gasteiger partial charge < -0.3 is 15.4 Å². The normalized spacial score (nSPS) is 11.9. The van der Waals surface area contributed by atoms with Crippen molar-refractivity contribution in [3.8, 4) is 11.3 Å². The van der Waals surface area contributed by atoms with Crippen molar-refractivity contribution in [1.29, 1.82) is 0 Å². The number of alkyl halides is 2. The molecule has 0 saturated heterocycles. The van der Waals surface area contributed by atoms with Gasteiger partial charge in [0.25, 0.3) is 6.43 Å². The lowest BCUT2D eigenvalue weighted by Gasteiger charge is -2.16. The van der Waals surface area contributed by atoms with Crippen LogP contribution in [-0.2, 0) is 4.79 Å². The molecular weight excluding hydrogens is 461 g/mol. The first kappa shape index (κ1) is 24.1. The number of amides is 1. The van der Waals surface area contributed by atoms with Gasteiger partial charge in [0.05, 0.1) is 11.5 Å². The Labute approximate surface area is 191 Å². The molecule has 1 heterocycles. The van der Waals surface area contributed by atoms with E-state index in [2.05, 4.69) is 10.3 Å². The van der Waals surface area contributed by atoms with Crippen LogP contribution >= 0.6 is 11.6 Å². The van der Waals surface area contributed by atoms with Crippen molar-refractivity contribution in [3.63, 3.8) is 0 Å². The fraction of sp³-hybridized carbons (Fsp3) is 0.174.